The van der Waals surface area contributed by atoms with E-state index in [4.69, 9.17) is 9.47 Å². The number of para-hydroxylation sites is 4. The molecule has 5 heteroatoms. The summed E-state index contributed by atoms with van der Waals surface area (Å²) < 4.78 is 14.3. The van der Waals surface area contributed by atoms with Gasteiger partial charge in [0.05, 0.1) is 36.6 Å². The molecule has 10 rings (SSSR count). The van der Waals surface area contributed by atoms with Crippen LogP contribution >= 0.6 is 0 Å². The number of hydrogen-bond acceptors (Lipinski definition) is 4. The zero-order valence-electron chi connectivity index (χ0n) is 33.6. The smallest absolute Gasteiger partial charge is 0.142 e. The van der Waals surface area contributed by atoms with E-state index < -0.39 is 0 Å². The molecule has 1 aromatic heterocycles. The number of rotatable bonds is 9. The second-order valence-corrected chi connectivity index (χ2v) is 15.2. The van der Waals surface area contributed by atoms with Crippen LogP contribution in [0.15, 0.2) is 188 Å². The van der Waals surface area contributed by atoms with Crippen LogP contribution in [-0.2, 0) is 0 Å². The highest BCUT2D eigenvalue weighted by atomic mass is 16.5. The van der Waals surface area contributed by atoms with Crippen LogP contribution in [0.3, 0.4) is 0 Å². The fourth-order valence-corrected chi connectivity index (χ4v) is 8.63. The number of ether oxygens (including phenoxy) is 2. The first-order chi connectivity index (χ1) is 29.0. The fraction of sp³-hybridized carbons (Fsp3) is 0.0741. The summed E-state index contributed by atoms with van der Waals surface area (Å²) in [7, 11) is 3.47. The minimum atomic E-state index is 0.805. The minimum absolute atomic E-state index is 0.805. The number of fused-ring (bicyclic) bond motifs is 5. The largest absolute Gasteiger partial charge is 0.495 e. The molecule has 1 heterocycles. The monoisotopic (exact) mass is 765 g/mol. The highest BCUT2D eigenvalue weighted by molar-refractivity contribution is 6.15. The highest BCUT2D eigenvalue weighted by Gasteiger charge is 2.22. The van der Waals surface area contributed by atoms with Gasteiger partial charge in [-0.25, -0.2) is 0 Å². The van der Waals surface area contributed by atoms with Crippen molar-refractivity contribution in [2.45, 2.75) is 13.8 Å². The van der Waals surface area contributed by atoms with Gasteiger partial charge in [0.1, 0.15) is 11.5 Å². The van der Waals surface area contributed by atoms with E-state index in [2.05, 4.69) is 192 Å². The van der Waals surface area contributed by atoms with Crippen molar-refractivity contribution in [1.29, 1.82) is 0 Å². The van der Waals surface area contributed by atoms with E-state index in [1.54, 1.807) is 14.2 Å². The maximum atomic E-state index is 5.96. The number of nitrogens with zero attached hydrogens (tertiary/aromatic N) is 3. The molecule has 9 aromatic carbocycles. The van der Waals surface area contributed by atoms with Crippen LogP contribution in [-0.4, -0.2) is 18.8 Å². The van der Waals surface area contributed by atoms with Gasteiger partial charge in [-0.1, -0.05) is 91.0 Å². The Kier molecular flexibility index (Phi) is 8.99. The Labute approximate surface area is 344 Å². The summed E-state index contributed by atoms with van der Waals surface area (Å²) in [6, 6.07) is 67.4. The summed E-state index contributed by atoms with van der Waals surface area (Å²) in [4.78, 5) is 4.59. The molecule has 0 radical (unpaired) electrons. The van der Waals surface area contributed by atoms with Crippen molar-refractivity contribution in [2.75, 3.05) is 24.0 Å². The Morgan fingerprint density at radius 1 is 0.373 bits per heavy atom. The fourth-order valence-electron chi connectivity index (χ4n) is 8.63. The molecule has 0 aliphatic carbocycles. The molecule has 0 N–H and O–H groups in total. The Morgan fingerprint density at radius 2 is 0.898 bits per heavy atom. The Morgan fingerprint density at radius 3 is 1.54 bits per heavy atom. The second kappa shape index (κ2) is 14.8. The van der Waals surface area contributed by atoms with Crippen LogP contribution in [0.5, 0.6) is 11.5 Å². The molecule has 0 amide bonds. The third-order valence-corrected chi connectivity index (χ3v) is 11.4. The van der Waals surface area contributed by atoms with E-state index in [1.165, 1.54) is 38.1 Å². The summed E-state index contributed by atoms with van der Waals surface area (Å²) >= 11 is 0. The molecule has 5 nitrogen and oxygen atoms in total. The summed E-state index contributed by atoms with van der Waals surface area (Å²) in [5, 5.41) is 7.09. The molecule has 0 unspecified atom stereocenters. The predicted molar refractivity (Wildman–Crippen MR) is 248 cm³/mol. The van der Waals surface area contributed by atoms with Gasteiger partial charge in [0.2, 0.25) is 0 Å². The summed E-state index contributed by atoms with van der Waals surface area (Å²) in [6.07, 6.45) is 0. The van der Waals surface area contributed by atoms with Crippen molar-refractivity contribution in [3.63, 3.8) is 0 Å². The third-order valence-electron chi connectivity index (χ3n) is 11.4. The first-order valence-electron chi connectivity index (χ1n) is 20.0. The van der Waals surface area contributed by atoms with Gasteiger partial charge in [-0.15, -0.1) is 0 Å². The van der Waals surface area contributed by atoms with E-state index in [9.17, 15) is 0 Å². The summed E-state index contributed by atoms with van der Waals surface area (Å²) in [5.74, 6) is 1.61. The number of benzene rings is 9. The lowest BCUT2D eigenvalue weighted by molar-refractivity contribution is 0.416. The number of hydrogen-bond donors (Lipinski definition) is 0. The number of anilines is 6. The molecule has 0 bridgehead atoms. The van der Waals surface area contributed by atoms with Gasteiger partial charge >= 0.3 is 0 Å². The van der Waals surface area contributed by atoms with Crippen LogP contribution in [0.1, 0.15) is 11.1 Å². The molecule has 0 spiro atoms. The van der Waals surface area contributed by atoms with Gasteiger partial charge in [0, 0.05) is 39.2 Å². The van der Waals surface area contributed by atoms with Crippen LogP contribution in [0, 0.1) is 13.8 Å². The van der Waals surface area contributed by atoms with Crippen LogP contribution < -0.4 is 19.3 Å². The number of aromatic nitrogens is 1. The predicted octanol–water partition coefficient (Wildman–Crippen LogP) is 14.7. The highest BCUT2D eigenvalue weighted by Crippen LogP contribution is 2.45. The van der Waals surface area contributed by atoms with Gasteiger partial charge in [-0.3, -0.25) is 0 Å². The summed E-state index contributed by atoms with van der Waals surface area (Å²) in [6.45, 7) is 4.27. The average molecular weight is 766 g/mol. The van der Waals surface area contributed by atoms with Crippen LogP contribution in [0.2, 0.25) is 0 Å². The zero-order chi connectivity index (χ0) is 40.0. The number of methoxy groups -OCH3 is 2. The lowest BCUT2D eigenvalue weighted by Gasteiger charge is -2.27. The van der Waals surface area contributed by atoms with Crippen molar-refractivity contribution >= 4 is 77.5 Å². The van der Waals surface area contributed by atoms with Crippen LogP contribution in [0.25, 0.3) is 49.0 Å². The lowest BCUT2D eigenvalue weighted by Crippen LogP contribution is -2.11. The molecule has 0 aliphatic heterocycles. The van der Waals surface area contributed by atoms with E-state index >= 15 is 0 Å². The molecule has 10 aromatic rings. The van der Waals surface area contributed by atoms with Crippen molar-refractivity contribution in [1.82, 2.24) is 4.57 Å². The first kappa shape index (κ1) is 35.9. The van der Waals surface area contributed by atoms with Crippen molar-refractivity contribution < 1.29 is 9.47 Å². The molecular weight excluding hydrogens is 723 g/mol. The van der Waals surface area contributed by atoms with Gasteiger partial charge in [0.25, 0.3) is 0 Å². The van der Waals surface area contributed by atoms with Gasteiger partial charge in [0.15, 0.2) is 0 Å². The summed E-state index contributed by atoms with van der Waals surface area (Å²) in [5.41, 5.74) is 11.9. The Hall–Kier alpha value is -7.50. The molecule has 0 atom stereocenters. The number of aryl methyl sites for hydroxylation is 2. The molecule has 59 heavy (non-hydrogen) atoms. The maximum Gasteiger partial charge on any atom is 0.142 e. The van der Waals surface area contributed by atoms with Crippen molar-refractivity contribution in [2.24, 2.45) is 0 Å². The van der Waals surface area contributed by atoms with Crippen molar-refractivity contribution in [3.05, 3.63) is 199 Å². The van der Waals surface area contributed by atoms with Crippen molar-refractivity contribution in [3.8, 4) is 17.2 Å². The van der Waals surface area contributed by atoms with E-state index in [0.29, 0.717) is 0 Å². The second-order valence-electron chi connectivity index (χ2n) is 15.2. The van der Waals surface area contributed by atoms with E-state index in [-0.39, 0.29) is 0 Å². The quantitative estimate of drug-likeness (QED) is 0.146. The normalized spacial score (nSPS) is 11.4. The molecule has 0 saturated heterocycles. The first-order valence-corrected chi connectivity index (χ1v) is 20.0. The van der Waals surface area contributed by atoms with Gasteiger partial charge in [-0.2, -0.15) is 0 Å². The standard InChI is InChI=1S/C54H43N3O2/c1-36-13-11-17-42(29-36)55(49-19-7-9-21-53(49)58-3)44-26-24-40-33-48-47-28-27-46(56(43-18-12-14-37(2)30-43)50-20-8-10-22-54(50)59-4)35-52(47)57(51(48)34-41(40)32-44)45-25-23-38-15-5-6-16-39(38)31-45/h5-35H,1-4H3. The third kappa shape index (κ3) is 6.38. The lowest BCUT2D eigenvalue weighted by atomic mass is 10.0. The van der Waals surface area contributed by atoms with Gasteiger partial charge in [-0.05, 0) is 144 Å². The zero-order valence-corrected chi connectivity index (χ0v) is 33.6. The average Bonchev–Trinajstić information content (AvgIpc) is 3.58. The molecule has 0 fully saturated rings. The van der Waals surface area contributed by atoms with E-state index in [1.807, 2.05) is 24.3 Å². The molecule has 0 saturated carbocycles. The minimum Gasteiger partial charge on any atom is -0.495 e. The molecular formula is C54H43N3O2. The van der Waals surface area contributed by atoms with E-state index in [0.717, 1.165) is 67.7 Å². The molecule has 0 aliphatic rings. The Balaban J connectivity index is 1.24. The Bertz CT molecular complexity index is 3200. The van der Waals surface area contributed by atoms with Gasteiger partial charge < -0.3 is 23.8 Å². The van der Waals surface area contributed by atoms with Crippen LogP contribution in [0.4, 0.5) is 34.1 Å². The maximum absolute atomic E-state index is 5.96. The SMILES string of the molecule is COc1ccccc1N(c1cccc(C)c1)c1ccc2cc3c4ccc(N(c5cccc(C)c5)c5ccccc5OC)cc4n(-c4ccc5ccccc5c4)c3cc2c1. The molecule has 286 valence electrons. The topological polar surface area (TPSA) is 29.9 Å².